The van der Waals surface area contributed by atoms with Gasteiger partial charge in [-0.05, 0) is 55.9 Å². The molecule has 162 valence electrons. The number of piperazine rings is 1. The number of hydrogen-bond acceptors (Lipinski definition) is 4. The predicted molar refractivity (Wildman–Crippen MR) is 114 cm³/mol. The smallest absolute Gasteiger partial charge is 0.253 e. The average molecular weight is 412 g/mol. The fourth-order valence-electron chi connectivity index (χ4n) is 4.63. The van der Waals surface area contributed by atoms with Gasteiger partial charge in [0.05, 0.1) is 0 Å². The zero-order chi connectivity index (χ0) is 20.5. The summed E-state index contributed by atoms with van der Waals surface area (Å²) in [6.07, 6.45) is 6.80. The number of likely N-dealkylation sites (tertiary alicyclic amines) is 1. The Morgan fingerprint density at radius 3 is 2.07 bits per heavy atom. The van der Waals surface area contributed by atoms with Gasteiger partial charge in [-0.25, -0.2) is 0 Å². The molecular formula is C24H33N3O3. The molecule has 2 amide bonds. The van der Waals surface area contributed by atoms with Gasteiger partial charge >= 0.3 is 0 Å². The predicted octanol–water partition coefficient (Wildman–Crippen LogP) is 2.63. The molecule has 4 fully saturated rings. The number of benzene rings is 1. The van der Waals surface area contributed by atoms with E-state index in [4.69, 9.17) is 4.74 Å². The Bertz CT molecular complexity index is 756. The van der Waals surface area contributed by atoms with Crippen LogP contribution in [0.4, 0.5) is 0 Å². The third-order valence-electron chi connectivity index (χ3n) is 6.96. The molecule has 2 aliphatic heterocycles. The molecule has 30 heavy (non-hydrogen) atoms. The van der Waals surface area contributed by atoms with Gasteiger partial charge in [-0.2, -0.15) is 0 Å². The fourth-order valence-corrected chi connectivity index (χ4v) is 4.63. The van der Waals surface area contributed by atoms with Crippen molar-refractivity contribution in [2.75, 3.05) is 45.8 Å². The first-order valence-corrected chi connectivity index (χ1v) is 11.7. The van der Waals surface area contributed by atoms with Gasteiger partial charge in [0.25, 0.3) is 5.91 Å². The van der Waals surface area contributed by atoms with Gasteiger partial charge in [-0.1, -0.05) is 0 Å². The summed E-state index contributed by atoms with van der Waals surface area (Å²) < 4.78 is 6.13. The number of nitrogens with zero attached hydrogens (tertiary/aromatic N) is 3. The Morgan fingerprint density at radius 1 is 0.800 bits per heavy atom. The quantitative estimate of drug-likeness (QED) is 0.722. The van der Waals surface area contributed by atoms with Crippen LogP contribution in [0.15, 0.2) is 24.3 Å². The lowest BCUT2D eigenvalue weighted by molar-refractivity contribution is -0.134. The highest BCUT2D eigenvalue weighted by atomic mass is 16.5. The number of amides is 2. The van der Waals surface area contributed by atoms with Gasteiger partial charge in [0.15, 0.2) is 0 Å². The zero-order valence-corrected chi connectivity index (χ0v) is 17.8. The molecular weight excluding hydrogens is 378 g/mol. The lowest BCUT2D eigenvalue weighted by Gasteiger charge is -2.35. The topological polar surface area (TPSA) is 53.1 Å². The van der Waals surface area contributed by atoms with Gasteiger partial charge in [-0.3, -0.25) is 14.5 Å². The molecule has 2 saturated carbocycles. The third-order valence-corrected chi connectivity index (χ3v) is 6.96. The van der Waals surface area contributed by atoms with Crippen molar-refractivity contribution in [2.24, 2.45) is 11.8 Å². The zero-order valence-electron chi connectivity index (χ0n) is 17.8. The van der Waals surface area contributed by atoms with Crippen molar-refractivity contribution in [3.8, 4) is 5.75 Å². The molecule has 0 radical (unpaired) electrons. The first-order valence-electron chi connectivity index (χ1n) is 11.7. The number of carbonyl (C=O) groups is 2. The van der Waals surface area contributed by atoms with Crippen LogP contribution in [0.2, 0.25) is 0 Å². The number of carbonyl (C=O) groups excluding carboxylic acids is 2. The largest absolute Gasteiger partial charge is 0.490 e. The molecule has 0 aromatic heterocycles. The lowest BCUT2D eigenvalue weighted by atomic mass is 10.1. The van der Waals surface area contributed by atoms with Gasteiger partial charge in [0, 0.05) is 70.1 Å². The van der Waals surface area contributed by atoms with Crippen LogP contribution in [-0.2, 0) is 4.79 Å². The number of hydrogen-bond donors (Lipinski definition) is 0. The molecule has 0 bridgehead atoms. The molecule has 5 rings (SSSR count). The molecule has 6 heteroatoms. The van der Waals surface area contributed by atoms with E-state index in [9.17, 15) is 9.59 Å². The molecule has 0 atom stereocenters. The Labute approximate surface area is 179 Å². The van der Waals surface area contributed by atoms with Crippen LogP contribution in [0.25, 0.3) is 0 Å². The van der Waals surface area contributed by atoms with E-state index < -0.39 is 0 Å². The van der Waals surface area contributed by atoms with Crippen LogP contribution in [0.1, 0.15) is 48.9 Å². The molecule has 2 saturated heterocycles. The molecule has 6 nitrogen and oxygen atoms in total. The number of piperidine rings is 1. The second-order valence-corrected chi connectivity index (χ2v) is 9.48. The molecule has 2 heterocycles. The summed E-state index contributed by atoms with van der Waals surface area (Å²) in [5, 5.41) is 0. The third kappa shape index (κ3) is 4.80. The van der Waals surface area contributed by atoms with E-state index in [0.29, 0.717) is 11.8 Å². The molecule has 1 aromatic carbocycles. The summed E-state index contributed by atoms with van der Waals surface area (Å²) in [4.78, 5) is 31.5. The van der Waals surface area contributed by atoms with E-state index in [2.05, 4.69) is 4.90 Å². The van der Waals surface area contributed by atoms with Gasteiger partial charge in [0.2, 0.25) is 5.91 Å². The van der Waals surface area contributed by atoms with E-state index in [1.807, 2.05) is 34.1 Å². The molecule has 1 aromatic rings. The van der Waals surface area contributed by atoms with E-state index in [1.165, 1.54) is 19.4 Å². The Kier molecular flexibility index (Phi) is 5.68. The van der Waals surface area contributed by atoms with Crippen molar-refractivity contribution in [2.45, 2.75) is 44.6 Å². The highest BCUT2D eigenvalue weighted by Crippen LogP contribution is 2.32. The van der Waals surface area contributed by atoms with Crippen LogP contribution < -0.4 is 4.74 Å². The minimum atomic E-state index is 0.125. The van der Waals surface area contributed by atoms with Gasteiger partial charge in [0.1, 0.15) is 11.9 Å². The summed E-state index contributed by atoms with van der Waals surface area (Å²) in [6, 6.07) is 7.61. The molecule has 0 spiro atoms. The van der Waals surface area contributed by atoms with Gasteiger partial charge in [-0.15, -0.1) is 0 Å². The Balaban J connectivity index is 1.08. The second-order valence-electron chi connectivity index (χ2n) is 9.48. The van der Waals surface area contributed by atoms with Crippen molar-refractivity contribution in [1.82, 2.24) is 14.7 Å². The van der Waals surface area contributed by atoms with Crippen LogP contribution in [0.3, 0.4) is 0 Å². The summed E-state index contributed by atoms with van der Waals surface area (Å²) in [5.74, 6) is 2.48. The monoisotopic (exact) mass is 411 g/mol. The molecule has 4 aliphatic rings. The second kappa shape index (κ2) is 8.58. The van der Waals surface area contributed by atoms with Gasteiger partial charge < -0.3 is 14.5 Å². The average Bonchev–Trinajstić information content (AvgIpc) is 3.69. The standard InChI is InChI=1S/C24H33N3O3/c28-23(19-3-4-19)26-11-9-22(10-12-26)30-21-7-5-20(6-8-21)24(29)27-15-13-25(14-16-27)17-18-1-2-18/h5-8,18-19,22H,1-4,9-17H2. The van der Waals surface area contributed by atoms with Crippen molar-refractivity contribution < 1.29 is 14.3 Å². The molecule has 0 N–H and O–H groups in total. The molecule has 0 unspecified atom stereocenters. The summed E-state index contributed by atoms with van der Waals surface area (Å²) in [6.45, 7) is 6.43. The Hall–Kier alpha value is -2.08. The van der Waals surface area contributed by atoms with Crippen molar-refractivity contribution in [3.05, 3.63) is 29.8 Å². The summed E-state index contributed by atoms with van der Waals surface area (Å²) >= 11 is 0. The van der Waals surface area contributed by atoms with E-state index in [0.717, 1.165) is 82.2 Å². The van der Waals surface area contributed by atoms with Crippen LogP contribution >= 0.6 is 0 Å². The number of ether oxygens (including phenoxy) is 1. The summed E-state index contributed by atoms with van der Waals surface area (Å²) in [5.41, 5.74) is 0.739. The highest BCUT2D eigenvalue weighted by Gasteiger charge is 2.35. The van der Waals surface area contributed by atoms with Crippen LogP contribution in [-0.4, -0.2) is 78.4 Å². The minimum absolute atomic E-state index is 0.125. The lowest BCUT2D eigenvalue weighted by Crippen LogP contribution is -2.49. The van der Waals surface area contributed by atoms with E-state index >= 15 is 0 Å². The van der Waals surface area contributed by atoms with Crippen molar-refractivity contribution in [1.29, 1.82) is 0 Å². The maximum absolute atomic E-state index is 12.8. The normalized spacial score (nSPS) is 23.5. The highest BCUT2D eigenvalue weighted by molar-refractivity contribution is 5.94. The SMILES string of the molecule is O=C(c1ccc(OC2CCN(C(=O)C3CC3)CC2)cc1)N1CCN(CC2CC2)CC1. The van der Waals surface area contributed by atoms with E-state index in [1.54, 1.807) is 0 Å². The van der Waals surface area contributed by atoms with Crippen molar-refractivity contribution >= 4 is 11.8 Å². The minimum Gasteiger partial charge on any atom is -0.490 e. The first-order chi connectivity index (χ1) is 14.7. The van der Waals surface area contributed by atoms with E-state index in [-0.39, 0.29) is 12.0 Å². The first kappa shape index (κ1) is 19.9. The van der Waals surface area contributed by atoms with Crippen LogP contribution in [0, 0.1) is 11.8 Å². The maximum atomic E-state index is 12.8. The maximum Gasteiger partial charge on any atom is 0.253 e. The van der Waals surface area contributed by atoms with Crippen molar-refractivity contribution in [3.63, 3.8) is 0 Å². The summed E-state index contributed by atoms with van der Waals surface area (Å²) in [7, 11) is 0. The fraction of sp³-hybridized carbons (Fsp3) is 0.667. The molecule has 2 aliphatic carbocycles. The number of rotatable bonds is 6. The Morgan fingerprint density at radius 2 is 1.47 bits per heavy atom. The van der Waals surface area contributed by atoms with Crippen LogP contribution in [0.5, 0.6) is 5.75 Å².